The third-order valence-corrected chi connectivity index (χ3v) is 2.67. The van der Waals surface area contributed by atoms with Gasteiger partial charge in [0.25, 0.3) is 0 Å². The molecule has 0 bridgehead atoms. The van der Waals surface area contributed by atoms with Gasteiger partial charge in [-0.3, -0.25) is 0 Å². The van der Waals surface area contributed by atoms with Gasteiger partial charge in [0.15, 0.2) is 0 Å². The van der Waals surface area contributed by atoms with E-state index in [0.717, 1.165) is 5.69 Å². The average molecular weight is 289 g/mol. The largest absolute Gasteiger partial charge is 0.405 e. The molecule has 0 atom stereocenters. The molecule has 1 aromatic heterocycles. The quantitative estimate of drug-likeness (QED) is 0.834. The summed E-state index contributed by atoms with van der Waals surface area (Å²) in [6, 6.07) is 5.50. The highest BCUT2D eigenvalue weighted by atomic mass is 19.4. The molecule has 20 heavy (non-hydrogen) atoms. The fraction of sp³-hybridized carbons (Fsp3) is 0.643. The molecular weight excluding hydrogens is 267 g/mol. The molecule has 0 radical (unpaired) electrons. The number of nitrogens with zero attached hydrogens (tertiary/aromatic N) is 2. The first-order valence-corrected chi connectivity index (χ1v) is 6.83. The molecule has 0 amide bonds. The van der Waals surface area contributed by atoms with E-state index in [0.29, 0.717) is 31.4 Å². The minimum absolute atomic E-state index is 0.308. The average Bonchev–Trinajstić information content (AvgIpc) is 2.35. The molecule has 0 fully saturated rings. The van der Waals surface area contributed by atoms with Crippen molar-refractivity contribution in [1.82, 2.24) is 10.3 Å². The molecule has 114 valence electrons. The second-order valence-corrected chi connectivity index (χ2v) is 5.06. The van der Waals surface area contributed by atoms with Crippen LogP contribution in [0, 0.1) is 0 Å². The van der Waals surface area contributed by atoms with E-state index >= 15 is 0 Å². The van der Waals surface area contributed by atoms with Gasteiger partial charge in [-0.05, 0) is 18.6 Å². The zero-order valence-corrected chi connectivity index (χ0v) is 12.2. The van der Waals surface area contributed by atoms with E-state index in [2.05, 4.69) is 10.3 Å². The lowest BCUT2D eigenvalue weighted by atomic mass is 10.3. The van der Waals surface area contributed by atoms with Crippen molar-refractivity contribution in [3.05, 3.63) is 23.9 Å². The van der Waals surface area contributed by atoms with Crippen LogP contribution >= 0.6 is 0 Å². The van der Waals surface area contributed by atoms with Gasteiger partial charge in [0, 0.05) is 19.1 Å². The fourth-order valence-electron chi connectivity index (χ4n) is 1.81. The normalized spacial score (nSPS) is 11.9. The topological polar surface area (TPSA) is 28.2 Å². The summed E-state index contributed by atoms with van der Waals surface area (Å²) >= 11 is 0. The standard InChI is InChI=1S/C14H22F3N3/c1-4-8-20(10-14(15,16)17)13-7-5-6-12(19-13)9-18-11(2)3/h5-7,11,18H,4,8-10H2,1-3H3. The lowest BCUT2D eigenvalue weighted by Crippen LogP contribution is -2.35. The number of nitrogens with one attached hydrogen (secondary N) is 1. The lowest BCUT2D eigenvalue weighted by Gasteiger charge is -2.24. The number of alkyl halides is 3. The molecule has 0 aliphatic carbocycles. The number of rotatable bonds is 7. The van der Waals surface area contributed by atoms with Crippen molar-refractivity contribution in [3.63, 3.8) is 0 Å². The molecule has 0 aromatic carbocycles. The Balaban J connectivity index is 2.82. The van der Waals surface area contributed by atoms with Crippen LogP contribution in [-0.2, 0) is 6.54 Å². The van der Waals surface area contributed by atoms with Crippen LogP contribution in [-0.4, -0.2) is 30.3 Å². The molecule has 0 saturated heterocycles. The third-order valence-electron chi connectivity index (χ3n) is 2.67. The zero-order chi connectivity index (χ0) is 15.2. The molecule has 0 spiro atoms. The SMILES string of the molecule is CCCN(CC(F)(F)F)c1cccc(CNC(C)C)n1. The van der Waals surface area contributed by atoms with E-state index in [9.17, 15) is 13.2 Å². The van der Waals surface area contributed by atoms with Crippen molar-refractivity contribution in [2.45, 2.75) is 46.0 Å². The molecule has 0 saturated carbocycles. The van der Waals surface area contributed by atoms with Gasteiger partial charge in [-0.25, -0.2) is 4.98 Å². The third kappa shape index (κ3) is 6.23. The summed E-state index contributed by atoms with van der Waals surface area (Å²) in [5, 5.41) is 3.20. The fourth-order valence-corrected chi connectivity index (χ4v) is 1.81. The molecule has 0 unspecified atom stereocenters. The van der Waals surface area contributed by atoms with E-state index in [1.807, 2.05) is 26.8 Å². The maximum absolute atomic E-state index is 12.6. The first-order chi connectivity index (χ1) is 9.31. The van der Waals surface area contributed by atoms with Crippen LogP contribution in [0.3, 0.4) is 0 Å². The predicted octanol–water partition coefficient (Wildman–Crippen LogP) is 3.36. The Morgan fingerprint density at radius 2 is 2.00 bits per heavy atom. The number of pyridine rings is 1. The molecule has 6 heteroatoms. The molecule has 0 aliphatic heterocycles. The first kappa shape index (κ1) is 16.8. The van der Waals surface area contributed by atoms with E-state index < -0.39 is 12.7 Å². The summed E-state index contributed by atoms with van der Waals surface area (Å²) in [5.41, 5.74) is 0.750. The minimum atomic E-state index is -4.22. The Labute approximate surface area is 118 Å². The smallest absolute Gasteiger partial charge is 0.348 e. The van der Waals surface area contributed by atoms with Gasteiger partial charge in [-0.1, -0.05) is 26.8 Å². The maximum atomic E-state index is 12.6. The zero-order valence-electron chi connectivity index (χ0n) is 12.2. The molecular formula is C14H22F3N3. The van der Waals surface area contributed by atoms with Crippen LogP contribution in [0.4, 0.5) is 19.0 Å². The number of hydrogen-bond donors (Lipinski definition) is 1. The van der Waals surface area contributed by atoms with Crippen molar-refractivity contribution in [2.24, 2.45) is 0 Å². The van der Waals surface area contributed by atoms with Gasteiger partial charge in [0.1, 0.15) is 12.4 Å². The van der Waals surface area contributed by atoms with Gasteiger partial charge in [-0.15, -0.1) is 0 Å². The van der Waals surface area contributed by atoms with E-state index in [1.165, 1.54) is 4.90 Å². The Hall–Kier alpha value is -1.30. The Bertz CT molecular complexity index is 405. The Morgan fingerprint density at radius 3 is 2.55 bits per heavy atom. The molecule has 1 rings (SSSR count). The van der Waals surface area contributed by atoms with Gasteiger partial charge >= 0.3 is 6.18 Å². The second-order valence-electron chi connectivity index (χ2n) is 5.06. The number of anilines is 1. The van der Waals surface area contributed by atoms with Crippen LogP contribution in [0.2, 0.25) is 0 Å². The van der Waals surface area contributed by atoms with Crippen LogP contribution in [0.5, 0.6) is 0 Å². The molecule has 0 aliphatic rings. The predicted molar refractivity (Wildman–Crippen MR) is 74.8 cm³/mol. The summed E-state index contributed by atoms with van der Waals surface area (Å²) in [6.07, 6.45) is -3.57. The van der Waals surface area contributed by atoms with Crippen molar-refractivity contribution in [3.8, 4) is 0 Å². The Kier molecular flexibility index (Phi) is 6.26. The van der Waals surface area contributed by atoms with Crippen molar-refractivity contribution in [1.29, 1.82) is 0 Å². The molecule has 3 nitrogen and oxygen atoms in total. The van der Waals surface area contributed by atoms with Crippen molar-refractivity contribution < 1.29 is 13.2 Å². The van der Waals surface area contributed by atoms with Gasteiger partial charge in [-0.2, -0.15) is 13.2 Å². The van der Waals surface area contributed by atoms with Gasteiger partial charge in [0.2, 0.25) is 0 Å². The van der Waals surface area contributed by atoms with Gasteiger partial charge in [0.05, 0.1) is 5.69 Å². The van der Waals surface area contributed by atoms with Crippen LogP contribution in [0.1, 0.15) is 32.9 Å². The van der Waals surface area contributed by atoms with E-state index in [4.69, 9.17) is 0 Å². The highest BCUT2D eigenvalue weighted by molar-refractivity contribution is 5.39. The molecule has 1 N–H and O–H groups in total. The summed E-state index contributed by atoms with van der Waals surface area (Å²) in [4.78, 5) is 5.59. The van der Waals surface area contributed by atoms with Crippen molar-refractivity contribution in [2.75, 3.05) is 18.0 Å². The number of hydrogen-bond acceptors (Lipinski definition) is 3. The van der Waals surface area contributed by atoms with Crippen LogP contribution in [0.25, 0.3) is 0 Å². The van der Waals surface area contributed by atoms with Crippen LogP contribution in [0.15, 0.2) is 18.2 Å². The lowest BCUT2D eigenvalue weighted by molar-refractivity contribution is -0.119. The highest BCUT2D eigenvalue weighted by Gasteiger charge is 2.31. The maximum Gasteiger partial charge on any atom is 0.405 e. The van der Waals surface area contributed by atoms with Crippen LogP contribution < -0.4 is 10.2 Å². The molecule has 1 aromatic rings. The van der Waals surface area contributed by atoms with E-state index in [-0.39, 0.29) is 0 Å². The minimum Gasteiger partial charge on any atom is -0.348 e. The van der Waals surface area contributed by atoms with Gasteiger partial charge < -0.3 is 10.2 Å². The van der Waals surface area contributed by atoms with E-state index in [1.54, 1.807) is 12.1 Å². The monoisotopic (exact) mass is 289 g/mol. The van der Waals surface area contributed by atoms with Crippen molar-refractivity contribution >= 4 is 5.82 Å². The number of halogens is 3. The second kappa shape index (κ2) is 7.47. The first-order valence-electron chi connectivity index (χ1n) is 6.83. The summed E-state index contributed by atoms with van der Waals surface area (Å²) in [7, 11) is 0. The summed E-state index contributed by atoms with van der Waals surface area (Å²) in [5.74, 6) is 0.382. The summed E-state index contributed by atoms with van der Waals surface area (Å²) < 4.78 is 37.8. The summed E-state index contributed by atoms with van der Waals surface area (Å²) in [6.45, 7) is 5.81. The number of aromatic nitrogens is 1. The highest BCUT2D eigenvalue weighted by Crippen LogP contribution is 2.21. The molecule has 1 heterocycles. The Morgan fingerprint density at radius 1 is 1.30 bits per heavy atom.